The molecular formula is C26H39N5O5. The molecule has 0 bridgehead atoms. The average molecular weight is 502 g/mol. The van der Waals surface area contributed by atoms with E-state index in [-0.39, 0.29) is 12.1 Å². The molecule has 1 saturated heterocycles. The second-order valence-electron chi connectivity index (χ2n) is 10.8. The molecule has 198 valence electrons. The van der Waals surface area contributed by atoms with E-state index in [1.54, 1.807) is 19.2 Å². The fourth-order valence-corrected chi connectivity index (χ4v) is 5.38. The molecule has 0 spiro atoms. The van der Waals surface area contributed by atoms with Crippen LogP contribution in [0.1, 0.15) is 62.9 Å². The lowest BCUT2D eigenvalue weighted by molar-refractivity contribution is -0.0270. The minimum absolute atomic E-state index is 0.0257. The van der Waals surface area contributed by atoms with E-state index in [1.165, 1.54) is 7.11 Å². The second kappa shape index (κ2) is 10.6. The maximum Gasteiger partial charge on any atom is 0.410 e. The van der Waals surface area contributed by atoms with Gasteiger partial charge in [-0.05, 0) is 58.6 Å². The number of carbonyl (C=O) groups is 2. The Morgan fingerprint density at radius 2 is 1.78 bits per heavy atom. The van der Waals surface area contributed by atoms with Crippen LogP contribution in [0.15, 0.2) is 18.3 Å². The smallest absolute Gasteiger partial charge is 0.410 e. The van der Waals surface area contributed by atoms with E-state index in [0.29, 0.717) is 36.5 Å². The number of benzene rings is 1. The molecular weight excluding hydrogens is 462 g/mol. The zero-order chi connectivity index (χ0) is 26.0. The summed E-state index contributed by atoms with van der Waals surface area (Å²) < 4.78 is 17.9. The Bertz CT molecular complexity index is 1090. The van der Waals surface area contributed by atoms with Gasteiger partial charge in [-0.25, -0.2) is 9.59 Å². The van der Waals surface area contributed by atoms with Crippen LogP contribution in [0, 0.1) is 0 Å². The number of nitrogen functional groups attached to an aromatic ring is 1. The number of aromatic nitrogens is 2. The highest BCUT2D eigenvalue weighted by molar-refractivity contribution is 6.00. The molecule has 4 rings (SSSR count). The number of esters is 1. The van der Waals surface area contributed by atoms with Crippen LogP contribution >= 0.6 is 0 Å². The van der Waals surface area contributed by atoms with Crippen LogP contribution in [0.3, 0.4) is 0 Å². The normalized spacial score (nSPS) is 23.6. The highest BCUT2D eigenvalue weighted by atomic mass is 16.6. The quantitative estimate of drug-likeness (QED) is 0.490. The topological polar surface area (TPSA) is 112 Å². The maximum atomic E-state index is 12.7. The van der Waals surface area contributed by atoms with Crippen molar-refractivity contribution < 1.29 is 23.8 Å². The molecule has 1 aliphatic carbocycles. The molecule has 0 unspecified atom stereocenters. The fourth-order valence-electron chi connectivity index (χ4n) is 5.38. The van der Waals surface area contributed by atoms with Crippen LogP contribution in [-0.2, 0) is 14.2 Å². The fraction of sp³-hybridized carbons (Fsp3) is 0.654. The number of amides is 1. The first-order valence-electron chi connectivity index (χ1n) is 12.7. The van der Waals surface area contributed by atoms with Crippen molar-refractivity contribution in [2.24, 2.45) is 0 Å². The summed E-state index contributed by atoms with van der Waals surface area (Å²) in [7, 11) is 3.02. The van der Waals surface area contributed by atoms with Crippen molar-refractivity contribution in [3.63, 3.8) is 0 Å². The summed E-state index contributed by atoms with van der Waals surface area (Å²) in [6, 6.07) is 4.24. The van der Waals surface area contributed by atoms with Crippen LogP contribution < -0.4 is 5.73 Å². The predicted molar refractivity (Wildman–Crippen MR) is 137 cm³/mol. The highest BCUT2D eigenvalue weighted by Crippen LogP contribution is 2.33. The number of anilines is 1. The van der Waals surface area contributed by atoms with Gasteiger partial charge in [0, 0.05) is 50.1 Å². The van der Waals surface area contributed by atoms with Gasteiger partial charge in [-0.15, -0.1) is 0 Å². The number of nitrogens with zero attached hydrogens (tertiary/aromatic N) is 4. The summed E-state index contributed by atoms with van der Waals surface area (Å²) in [4.78, 5) is 29.0. The number of hydrogen-bond acceptors (Lipinski definition) is 8. The Hall–Kier alpha value is -2.85. The lowest BCUT2D eigenvalue weighted by atomic mass is 9.89. The molecule has 0 radical (unpaired) electrons. The van der Waals surface area contributed by atoms with Crippen LogP contribution in [0.5, 0.6) is 0 Å². The van der Waals surface area contributed by atoms with Crippen molar-refractivity contribution >= 4 is 28.7 Å². The van der Waals surface area contributed by atoms with Crippen LogP contribution in [-0.4, -0.2) is 89.8 Å². The molecule has 2 N–H and O–H groups in total. The number of fused-ring (bicyclic) bond motifs is 1. The number of methoxy groups -OCH3 is 2. The van der Waals surface area contributed by atoms with Crippen molar-refractivity contribution in [2.45, 2.75) is 70.2 Å². The van der Waals surface area contributed by atoms with Crippen LogP contribution in [0.25, 0.3) is 10.9 Å². The van der Waals surface area contributed by atoms with Crippen molar-refractivity contribution in [1.29, 1.82) is 0 Å². The third kappa shape index (κ3) is 5.75. The van der Waals surface area contributed by atoms with Crippen molar-refractivity contribution in [1.82, 2.24) is 19.6 Å². The Morgan fingerprint density at radius 1 is 1.08 bits per heavy atom. The Morgan fingerprint density at radius 3 is 2.42 bits per heavy atom. The molecule has 10 heteroatoms. The van der Waals surface area contributed by atoms with Gasteiger partial charge in [0.1, 0.15) is 5.60 Å². The molecule has 2 aliphatic rings. The van der Waals surface area contributed by atoms with Crippen LogP contribution in [0.2, 0.25) is 0 Å². The summed E-state index contributed by atoms with van der Waals surface area (Å²) in [6.45, 7) is 8.40. The van der Waals surface area contributed by atoms with E-state index in [1.807, 2.05) is 36.5 Å². The zero-order valence-electron chi connectivity index (χ0n) is 22.0. The summed E-state index contributed by atoms with van der Waals surface area (Å²) in [5, 5.41) is 5.67. The lowest BCUT2D eigenvalue weighted by Gasteiger charge is -2.45. The molecule has 1 saturated carbocycles. The minimum Gasteiger partial charge on any atom is -0.465 e. The van der Waals surface area contributed by atoms with E-state index in [2.05, 4.69) is 4.90 Å². The van der Waals surface area contributed by atoms with Crippen LogP contribution in [0.4, 0.5) is 10.5 Å². The van der Waals surface area contributed by atoms with E-state index in [9.17, 15) is 9.59 Å². The van der Waals surface area contributed by atoms with Crippen molar-refractivity contribution in [2.75, 3.05) is 46.2 Å². The number of hydrogen-bond donors (Lipinski definition) is 1. The molecule has 10 nitrogen and oxygen atoms in total. The van der Waals surface area contributed by atoms with Gasteiger partial charge in [-0.3, -0.25) is 9.58 Å². The highest BCUT2D eigenvalue weighted by Gasteiger charge is 2.37. The van der Waals surface area contributed by atoms with E-state index in [4.69, 9.17) is 25.0 Å². The Labute approximate surface area is 212 Å². The van der Waals surface area contributed by atoms with Gasteiger partial charge in [0.2, 0.25) is 0 Å². The summed E-state index contributed by atoms with van der Waals surface area (Å²) in [5.74, 6) is -0.456. The number of ether oxygens (including phenoxy) is 3. The summed E-state index contributed by atoms with van der Waals surface area (Å²) in [6.07, 6.45) is 5.89. The van der Waals surface area contributed by atoms with Gasteiger partial charge in [0.15, 0.2) is 0 Å². The first-order chi connectivity index (χ1) is 17.1. The average Bonchev–Trinajstić information content (AvgIpc) is 3.25. The summed E-state index contributed by atoms with van der Waals surface area (Å²) in [5.41, 5.74) is 7.02. The first-order valence-corrected chi connectivity index (χ1v) is 12.7. The second-order valence-corrected chi connectivity index (χ2v) is 10.8. The maximum absolute atomic E-state index is 12.7. The van der Waals surface area contributed by atoms with E-state index in [0.717, 1.165) is 49.7 Å². The molecule has 1 atom stereocenters. The molecule has 2 heterocycles. The third-order valence-corrected chi connectivity index (χ3v) is 7.16. The van der Waals surface area contributed by atoms with Gasteiger partial charge in [0.25, 0.3) is 0 Å². The number of nitrogens with two attached hydrogens (primary N) is 1. The lowest BCUT2D eigenvalue weighted by Crippen LogP contribution is -2.59. The van der Waals surface area contributed by atoms with E-state index >= 15 is 0 Å². The number of piperazine rings is 1. The largest absolute Gasteiger partial charge is 0.465 e. The molecule has 2 aromatic rings. The zero-order valence-corrected chi connectivity index (χ0v) is 22.0. The van der Waals surface area contributed by atoms with Gasteiger partial charge in [0.05, 0.1) is 36.9 Å². The van der Waals surface area contributed by atoms with Gasteiger partial charge >= 0.3 is 12.1 Å². The van der Waals surface area contributed by atoms with Gasteiger partial charge in [-0.1, -0.05) is 0 Å². The van der Waals surface area contributed by atoms with E-state index < -0.39 is 11.6 Å². The molecule has 1 amide bonds. The Balaban J connectivity index is 1.38. The molecule has 2 fully saturated rings. The SMILES string of the molecule is COC[C@@H]1CN(C2CCC(n3cc4cc(N)c(C(=O)OC)cc4n3)CC2)CCN1C(=O)OC(C)(C)C. The number of rotatable bonds is 5. The van der Waals surface area contributed by atoms with Gasteiger partial charge in [-0.2, -0.15) is 5.10 Å². The predicted octanol–water partition coefficient (Wildman–Crippen LogP) is 3.46. The third-order valence-electron chi connectivity index (χ3n) is 7.16. The van der Waals surface area contributed by atoms with Crippen molar-refractivity contribution in [3.05, 3.63) is 23.9 Å². The summed E-state index contributed by atoms with van der Waals surface area (Å²) >= 11 is 0. The minimum atomic E-state index is -0.520. The number of carbonyl (C=O) groups excluding carboxylic acids is 2. The Kier molecular flexibility index (Phi) is 7.75. The molecule has 1 aliphatic heterocycles. The standard InChI is InChI=1S/C26H39N5O5/c1-26(2,3)36-25(33)30-11-10-29(15-20(30)16-34-4)18-6-8-19(9-7-18)31-14-17-12-22(27)21(24(32)35-5)13-23(17)28-31/h12-14,18-20H,6-11,15-16,27H2,1-5H3/t18?,19?,20-/m0/s1. The first kappa shape index (κ1) is 26.2. The van der Waals surface area contributed by atoms with Crippen molar-refractivity contribution in [3.8, 4) is 0 Å². The van der Waals surface area contributed by atoms with Gasteiger partial charge < -0.3 is 24.8 Å². The molecule has 36 heavy (non-hydrogen) atoms. The monoisotopic (exact) mass is 501 g/mol. The molecule has 1 aromatic heterocycles. The molecule has 1 aromatic carbocycles.